The van der Waals surface area contributed by atoms with E-state index in [1.54, 1.807) is 11.3 Å². The summed E-state index contributed by atoms with van der Waals surface area (Å²) in [5.74, 6) is 0.989. The first-order valence-electron chi connectivity index (χ1n) is 19.2. The van der Waals surface area contributed by atoms with Gasteiger partial charge in [-0.25, -0.2) is 9.97 Å². The highest BCUT2D eigenvalue weighted by molar-refractivity contribution is 7.26. The molecule has 0 radical (unpaired) electrons. The molecule has 3 heterocycles. The van der Waals surface area contributed by atoms with Crippen LogP contribution in [0.5, 0.6) is 0 Å². The summed E-state index contributed by atoms with van der Waals surface area (Å²) in [6.07, 6.45) is 7.79. The molecule has 1 aliphatic carbocycles. The fourth-order valence-electron chi connectivity index (χ4n) is 8.42. The van der Waals surface area contributed by atoms with Crippen molar-refractivity contribution < 1.29 is 0 Å². The lowest BCUT2D eigenvalue weighted by atomic mass is 9.85. The molecule has 3 nitrogen and oxygen atoms in total. The summed E-state index contributed by atoms with van der Waals surface area (Å²) in [6.45, 7) is 0. The molecule has 3 aromatic heterocycles. The number of nitrogens with zero attached hydrogens (tertiary/aromatic N) is 3. The fourth-order valence-corrected chi connectivity index (χ4v) is 9.56. The van der Waals surface area contributed by atoms with Gasteiger partial charge in [0.25, 0.3) is 0 Å². The number of fused-ring (bicyclic) bond motifs is 6. The van der Waals surface area contributed by atoms with E-state index in [2.05, 4.69) is 193 Å². The Morgan fingerprint density at radius 2 is 1.16 bits per heavy atom. The molecule has 10 aromatic rings. The summed E-state index contributed by atoms with van der Waals surface area (Å²) >= 11 is 1.79. The lowest BCUT2D eigenvalue weighted by Gasteiger charge is -2.20. The molecule has 0 spiro atoms. The number of benzene rings is 7. The third kappa shape index (κ3) is 5.57. The first-order valence-corrected chi connectivity index (χ1v) is 20.0. The van der Waals surface area contributed by atoms with E-state index in [4.69, 9.17) is 9.97 Å². The molecule has 0 saturated heterocycles. The fraction of sp³-hybridized carbons (Fsp3) is 0.0385. The molecule has 1 aliphatic rings. The predicted molar refractivity (Wildman–Crippen MR) is 236 cm³/mol. The lowest BCUT2D eigenvalue weighted by Crippen LogP contribution is -2.02. The van der Waals surface area contributed by atoms with E-state index in [0.29, 0.717) is 0 Å². The largest absolute Gasteiger partial charge is 0.309 e. The van der Waals surface area contributed by atoms with Crippen molar-refractivity contribution in [1.82, 2.24) is 14.5 Å². The highest BCUT2D eigenvalue weighted by Gasteiger charge is 2.21. The lowest BCUT2D eigenvalue weighted by molar-refractivity contribution is 0.869. The maximum absolute atomic E-state index is 5.28. The zero-order valence-corrected chi connectivity index (χ0v) is 31.3. The number of hydrogen-bond acceptors (Lipinski definition) is 3. The smallest absolute Gasteiger partial charge is 0.160 e. The van der Waals surface area contributed by atoms with E-state index in [-0.39, 0.29) is 5.92 Å². The van der Waals surface area contributed by atoms with Gasteiger partial charge in [-0.15, -0.1) is 11.3 Å². The summed E-state index contributed by atoms with van der Waals surface area (Å²) < 4.78 is 4.74. The summed E-state index contributed by atoms with van der Waals surface area (Å²) in [5.41, 5.74) is 14.0. The van der Waals surface area contributed by atoms with Crippen LogP contribution in [0, 0.1) is 0 Å². The molecule has 264 valence electrons. The van der Waals surface area contributed by atoms with Crippen LogP contribution in [0.4, 0.5) is 0 Å². The minimum atomic E-state index is 0.242. The normalized spacial score (nSPS) is 14.2. The van der Waals surface area contributed by atoms with Crippen LogP contribution in [0.25, 0.3) is 87.1 Å². The SMILES string of the molecule is C1=CC(c2ccc3sc4c(-c5ccc(-c6ccccc6)cc5)nc(-c5ccccc5)nc4c3c2)CC(c2cccc(-n3c4ccccc4c4ccccc43)c2)=C1. The molecular formula is C52H35N3S. The summed E-state index contributed by atoms with van der Waals surface area (Å²) in [7, 11) is 0. The maximum atomic E-state index is 5.28. The van der Waals surface area contributed by atoms with Crippen molar-refractivity contribution in [3.8, 4) is 39.5 Å². The molecule has 0 bridgehead atoms. The molecule has 0 N–H and O–H groups in total. The minimum absolute atomic E-state index is 0.242. The number of allylic oxidation sites excluding steroid dienone is 4. The molecule has 1 atom stereocenters. The number of hydrogen-bond donors (Lipinski definition) is 0. The molecule has 0 aliphatic heterocycles. The Kier molecular flexibility index (Phi) is 7.82. The second kappa shape index (κ2) is 13.5. The Balaban J connectivity index is 0.968. The van der Waals surface area contributed by atoms with Crippen molar-refractivity contribution in [3.63, 3.8) is 0 Å². The Morgan fingerprint density at radius 3 is 1.91 bits per heavy atom. The molecule has 11 rings (SSSR count). The topological polar surface area (TPSA) is 30.7 Å². The number of rotatable bonds is 6. The van der Waals surface area contributed by atoms with Crippen LogP contribution in [0.2, 0.25) is 0 Å². The second-order valence-corrected chi connectivity index (χ2v) is 15.6. The van der Waals surface area contributed by atoms with Crippen LogP contribution in [0.3, 0.4) is 0 Å². The summed E-state index contributed by atoms with van der Waals surface area (Å²) in [6, 6.07) is 63.1. The average molecular weight is 734 g/mol. The summed E-state index contributed by atoms with van der Waals surface area (Å²) in [4.78, 5) is 10.5. The van der Waals surface area contributed by atoms with Crippen LogP contribution in [-0.2, 0) is 0 Å². The first-order chi connectivity index (χ1) is 27.7. The van der Waals surface area contributed by atoms with Crippen molar-refractivity contribution in [1.29, 1.82) is 0 Å². The van der Waals surface area contributed by atoms with Gasteiger partial charge in [-0.1, -0.05) is 158 Å². The van der Waals surface area contributed by atoms with Gasteiger partial charge in [-0.05, 0) is 70.6 Å². The molecular weight excluding hydrogens is 699 g/mol. The average Bonchev–Trinajstić information content (AvgIpc) is 3.82. The van der Waals surface area contributed by atoms with Crippen LogP contribution < -0.4 is 0 Å². The molecule has 7 aromatic carbocycles. The predicted octanol–water partition coefficient (Wildman–Crippen LogP) is 14.1. The Morgan fingerprint density at radius 1 is 0.518 bits per heavy atom. The molecule has 56 heavy (non-hydrogen) atoms. The monoisotopic (exact) mass is 733 g/mol. The zero-order valence-electron chi connectivity index (χ0n) is 30.5. The van der Waals surface area contributed by atoms with Crippen LogP contribution in [0.15, 0.2) is 194 Å². The number of aromatic nitrogens is 3. The van der Waals surface area contributed by atoms with E-state index >= 15 is 0 Å². The van der Waals surface area contributed by atoms with Gasteiger partial charge >= 0.3 is 0 Å². The van der Waals surface area contributed by atoms with Gasteiger partial charge in [-0.3, -0.25) is 0 Å². The molecule has 0 amide bonds. The Hall–Kier alpha value is -6.88. The summed E-state index contributed by atoms with van der Waals surface area (Å²) in [5, 5.41) is 3.74. The van der Waals surface area contributed by atoms with Crippen molar-refractivity contribution in [2.24, 2.45) is 0 Å². The zero-order chi connectivity index (χ0) is 37.0. The first kappa shape index (κ1) is 32.5. The highest BCUT2D eigenvalue weighted by Crippen LogP contribution is 2.43. The molecule has 0 saturated carbocycles. The number of para-hydroxylation sites is 2. The standard InChI is InChI=1S/C52H35N3S/c1-3-13-34(14-4-1)35-25-27-36(28-26-35)49-51-50(54-52(53-49)37-15-5-2-6-16-37)45-33-41(29-30-48(45)56-51)39-18-11-17-38(31-39)40-19-12-20-42(32-40)55-46-23-9-7-21-43(46)44-22-8-10-24-47(44)55/h1-30,32-33,39H,31H2. The van der Waals surface area contributed by atoms with E-state index < -0.39 is 0 Å². The molecule has 4 heteroatoms. The van der Waals surface area contributed by atoms with Crippen molar-refractivity contribution >= 4 is 59.0 Å². The van der Waals surface area contributed by atoms with Crippen molar-refractivity contribution in [2.45, 2.75) is 12.3 Å². The van der Waals surface area contributed by atoms with Gasteiger partial charge in [0.2, 0.25) is 0 Å². The van der Waals surface area contributed by atoms with E-state index in [9.17, 15) is 0 Å². The van der Waals surface area contributed by atoms with Crippen LogP contribution in [0.1, 0.15) is 23.5 Å². The van der Waals surface area contributed by atoms with Crippen molar-refractivity contribution in [2.75, 3.05) is 0 Å². The maximum Gasteiger partial charge on any atom is 0.160 e. The quantitative estimate of drug-likeness (QED) is 0.170. The number of thiophene rings is 1. The van der Waals surface area contributed by atoms with E-state index in [1.807, 2.05) is 6.07 Å². The van der Waals surface area contributed by atoms with Gasteiger partial charge in [0.15, 0.2) is 5.82 Å². The van der Waals surface area contributed by atoms with Gasteiger partial charge in [0.1, 0.15) is 0 Å². The van der Waals surface area contributed by atoms with E-state index in [0.717, 1.165) is 39.3 Å². The van der Waals surface area contributed by atoms with Gasteiger partial charge < -0.3 is 4.57 Å². The van der Waals surface area contributed by atoms with Gasteiger partial charge in [0.05, 0.1) is 26.9 Å². The third-order valence-corrected chi connectivity index (χ3v) is 12.4. The minimum Gasteiger partial charge on any atom is -0.309 e. The van der Waals surface area contributed by atoms with Crippen LogP contribution in [-0.4, -0.2) is 14.5 Å². The highest BCUT2D eigenvalue weighted by atomic mass is 32.1. The molecule has 0 fully saturated rings. The Bertz CT molecular complexity index is 3100. The van der Waals surface area contributed by atoms with Crippen LogP contribution >= 0.6 is 11.3 Å². The second-order valence-electron chi connectivity index (χ2n) is 14.5. The van der Waals surface area contributed by atoms with Gasteiger partial charge in [0, 0.05) is 43.6 Å². The Labute approximate surface area is 329 Å². The molecule has 1 unspecified atom stereocenters. The van der Waals surface area contributed by atoms with Crippen molar-refractivity contribution in [3.05, 3.63) is 205 Å². The van der Waals surface area contributed by atoms with E-state index in [1.165, 1.54) is 65.4 Å². The van der Waals surface area contributed by atoms with Gasteiger partial charge in [-0.2, -0.15) is 0 Å². The third-order valence-electron chi connectivity index (χ3n) is 11.2.